The van der Waals surface area contributed by atoms with Crippen molar-refractivity contribution in [3.05, 3.63) is 23.8 Å². The van der Waals surface area contributed by atoms with Crippen LogP contribution in [-0.4, -0.2) is 34.6 Å². The molecule has 0 aliphatic carbocycles. The second-order valence-electron chi connectivity index (χ2n) is 5.90. The van der Waals surface area contributed by atoms with E-state index in [0.717, 1.165) is 18.4 Å². The Morgan fingerprint density at radius 2 is 1.64 bits per heavy atom. The summed E-state index contributed by atoms with van der Waals surface area (Å²) in [5.41, 5.74) is 0.719. The van der Waals surface area contributed by atoms with Crippen molar-refractivity contribution in [2.45, 2.75) is 51.9 Å². The van der Waals surface area contributed by atoms with Crippen molar-refractivity contribution in [1.29, 1.82) is 0 Å². The number of hydrogen-bond acceptors (Lipinski definition) is 5. The first kappa shape index (κ1) is 21.3. The van der Waals surface area contributed by atoms with Crippen LogP contribution in [0.3, 0.4) is 0 Å². The molecule has 142 valence electrons. The summed E-state index contributed by atoms with van der Waals surface area (Å²) < 4.78 is 34.2. The van der Waals surface area contributed by atoms with E-state index in [4.69, 9.17) is 9.47 Å². The molecule has 0 amide bonds. The Morgan fingerprint density at radius 3 is 2.28 bits per heavy atom. The van der Waals surface area contributed by atoms with Gasteiger partial charge in [0, 0.05) is 0 Å². The zero-order chi connectivity index (χ0) is 18.5. The van der Waals surface area contributed by atoms with Gasteiger partial charge in [-0.15, -0.1) is 0 Å². The quantitative estimate of drug-likeness (QED) is 0.326. The first-order valence-electron chi connectivity index (χ1n) is 8.77. The molecule has 1 N–H and O–H groups in total. The maximum Gasteiger partial charge on any atom is 0.247 e. The Bertz CT molecular complexity index is 630. The minimum atomic E-state index is -3.38. The highest BCUT2D eigenvalue weighted by Gasteiger charge is 2.08. The summed E-state index contributed by atoms with van der Waals surface area (Å²) in [5.74, 6) is 1.28. The van der Waals surface area contributed by atoms with Gasteiger partial charge in [-0.05, 0) is 30.2 Å². The van der Waals surface area contributed by atoms with Gasteiger partial charge in [0.05, 0.1) is 26.2 Å². The monoisotopic (exact) mass is 370 g/mol. The fraction of sp³-hybridized carbons (Fsp3) is 0.611. The van der Waals surface area contributed by atoms with Gasteiger partial charge >= 0.3 is 0 Å². The molecule has 0 saturated carbocycles. The molecule has 0 radical (unpaired) electrons. The van der Waals surface area contributed by atoms with Gasteiger partial charge in [0.25, 0.3) is 0 Å². The molecule has 0 saturated heterocycles. The van der Waals surface area contributed by atoms with Crippen molar-refractivity contribution < 1.29 is 17.9 Å². The smallest absolute Gasteiger partial charge is 0.247 e. The van der Waals surface area contributed by atoms with E-state index >= 15 is 0 Å². The number of benzene rings is 1. The lowest BCUT2D eigenvalue weighted by atomic mass is 10.1. The lowest BCUT2D eigenvalue weighted by Crippen LogP contribution is -2.21. The lowest BCUT2D eigenvalue weighted by Gasteiger charge is -2.07. The molecule has 0 aliphatic heterocycles. The minimum Gasteiger partial charge on any atom is -0.493 e. The molecule has 6 nitrogen and oxygen atoms in total. The van der Waals surface area contributed by atoms with E-state index in [-0.39, 0.29) is 5.75 Å². The van der Waals surface area contributed by atoms with Crippen molar-refractivity contribution in [3.63, 3.8) is 0 Å². The number of ether oxygens (including phenoxy) is 2. The number of hydrogen-bond donors (Lipinski definition) is 1. The van der Waals surface area contributed by atoms with Crippen LogP contribution in [0.5, 0.6) is 11.5 Å². The van der Waals surface area contributed by atoms with Crippen LogP contribution >= 0.6 is 0 Å². The molecule has 0 aliphatic rings. The van der Waals surface area contributed by atoms with Crippen LogP contribution in [-0.2, 0) is 10.0 Å². The maximum absolute atomic E-state index is 11.9. The summed E-state index contributed by atoms with van der Waals surface area (Å²) in [6, 6.07) is 5.25. The van der Waals surface area contributed by atoms with Gasteiger partial charge in [-0.3, -0.25) is 0 Å². The van der Waals surface area contributed by atoms with E-state index < -0.39 is 10.0 Å². The summed E-state index contributed by atoms with van der Waals surface area (Å²) in [6.07, 6.45) is 9.02. The second-order valence-corrected chi connectivity index (χ2v) is 7.72. The molecular formula is C18H30N2O4S. The zero-order valence-electron chi connectivity index (χ0n) is 15.5. The standard InChI is InChI=1S/C18H30N2O4S/c1-4-5-6-7-8-9-10-13-25(21,22)20-19-15-16-11-12-17(23-2)18(14-16)24-3/h11-12,14-15,20H,4-10,13H2,1-3H3/b19-15-. The Morgan fingerprint density at radius 1 is 1.00 bits per heavy atom. The molecule has 25 heavy (non-hydrogen) atoms. The van der Waals surface area contributed by atoms with Crippen molar-refractivity contribution in [3.8, 4) is 11.5 Å². The van der Waals surface area contributed by atoms with Gasteiger partial charge in [-0.1, -0.05) is 45.4 Å². The molecule has 0 atom stereocenters. The average Bonchev–Trinajstić information content (AvgIpc) is 2.60. The molecule has 1 aromatic carbocycles. The topological polar surface area (TPSA) is 77.0 Å². The Balaban J connectivity index is 2.38. The van der Waals surface area contributed by atoms with E-state index in [1.165, 1.54) is 31.9 Å². The third-order valence-corrected chi connectivity index (χ3v) is 5.04. The van der Waals surface area contributed by atoms with Gasteiger partial charge in [-0.2, -0.15) is 5.10 Å². The predicted octanol–water partition coefficient (Wildman–Crippen LogP) is 3.71. The Hall–Kier alpha value is -1.76. The van der Waals surface area contributed by atoms with Crippen LogP contribution in [0.1, 0.15) is 57.4 Å². The third kappa shape index (κ3) is 8.77. The Labute approximate surface area is 151 Å². The van der Waals surface area contributed by atoms with Gasteiger partial charge in [0.15, 0.2) is 11.5 Å². The lowest BCUT2D eigenvalue weighted by molar-refractivity contribution is 0.355. The van der Waals surface area contributed by atoms with Crippen LogP contribution in [0.2, 0.25) is 0 Å². The number of hydrazone groups is 1. The summed E-state index contributed by atoms with van der Waals surface area (Å²) in [6.45, 7) is 2.18. The van der Waals surface area contributed by atoms with Crippen molar-refractivity contribution in [2.75, 3.05) is 20.0 Å². The van der Waals surface area contributed by atoms with Crippen LogP contribution in [0.25, 0.3) is 0 Å². The summed E-state index contributed by atoms with van der Waals surface area (Å²) in [5, 5.41) is 3.82. The van der Waals surface area contributed by atoms with Gasteiger partial charge < -0.3 is 9.47 Å². The van der Waals surface area contributed by atoms with Crippen molar-refractivity contribution >= 4 is 16.2 Å². The normalized spacial score (nSPS) is 11.6. The number of methoxy groups -OCH3 is 2. The summed E-state index contributed by atoms with van der Waals surface area (Å²) in [7, 11) is -0.277. The number of nitrogens with one attached hydrogen (secondary N) is 1. The Kier molecular flexibility index (Phi) is 9.99. The molecule has 0 heterocycles. The molecule has 7 heteroatoms. The molecular weight excluding hydrogens is 340 g/mol. The molecule has 1 aromatic rings. The van der Waals surface area contributed by atoms with E-state index in [2.05, 4.69) is 16.9 Å². The first-order chi connectivity index (χ1) is 12.0. The SMILES string of the molecule is CCCCCCCCCS(=O)(=O)N/N=C\c1ccc(OC)c(OC)c1. The minimum absolute atomic E-state index is 0.101. The zero-order valence-corrected chi connectivity index (χ0v) is 16.3. The van der Waals surface area contributed by atoms with E-state index in [1.54, 1.807) is 32.4 Å². The summed E-state index contributed by atoms with van der Waals surface area (Å²) in [4.78, 5) is 2.25. The van der Waals surface area contributed by atoms with Crippen molar-refractivity contribution in [1.82, 2.24) is 4.83 Å². The molecule has 0 spiro atoms. The van der Waals surface area contributed by atoms with Gasteiger partial charge in [0.2, 0.25) is 10.0 Å². The predicted molar refractivity (Wildman–Crippen MR) is 102 cm³/mol. The van der Waals surface area contributed by atoms with Crippen LogP contribution in [0.4, 0.5) is 0 Å². The number of sulfonamides is 1. The third-order valence-electron chi connectivity index (χ3n) is 3.83. The maximum atomic E-state index is 11.9. The van der Waals surface area contributed by atoms with E-state index in [0.29, 0.717) is 17.9 Å². The van der Waals surface area contributed by atoms with Crippen LogP contribution in [0, 0.1) is 0 Å². The van der Waals surface area contributed by atoms with Crippen LogP contribution in [0.15, 0.2) is 23.3 Å². The van der Waals surface area contributed by atoms with Gasteiger partial charge in [-0.25, -0.2) is 13.2 Å². The second kappa shape index (κ2) is 11.7. The molecule has 0 aromatic heterocycles. The largest absolute Gasteiger partial charge is 0.493 e. The molecule has 0 fully saturated rings. The van der Waals surface area contributed by atoms with Gasteiger partial charge in [0.1, 0.15) is 0 Å². The van der Waals surface area contributed by atoms with Crippen LogP contribution < -0.4 is 14.3 Å². The molecule has 1 rings (SSSR count). The highest BCUT2D eigenvalue weighted by molar-refractivity contribution is 7.89. The first-order valence-corrected chi connectivity index (χ1v) is 10.4. The highest BCUT2D eigenvalue weighted by Crippen LogP contribution is 2.26. The molecule has 0 unspecified atom stereocenters. The molecule has 0 bridgehead atoms. The number of rotatable bonds is 13. The number of unbranched alkanes of at least 4 members (excludes halogenated alkanes) is 6. The van der Waals surface area contributed by atoms with E-state index in [1.807, 2.05) is 0 Å². The number of nitrogens with zero attached hydrogens (tertiary/aromatic N) is 1. The fourth-order valence-corrected chi connectivity index (χ4v) is 3.30. The average molecular weight is 371 g/mol. The van der Waals surface area contributed by atoms with E-state index in [9.17, 15) is 8.42 Å². The van der Waals surface area contributed by atoms with Crippen molar-refractivity contribution in [2.24, 2.45) is 5.10 Å². The summed E-state index contributed by atoms with van der Waals surface area (Å²) >= 11 is 0. The fourth-order valence-electron chi connectivity index (χ4n) is 2.41. The highest BCUT2D eigenvalue weighted by atomic mass is 32.2.